The van der Waals surface area contributed by atoms with E-state index in [4.69, 9.17) is 9.15 Å². The van der Waals surface area contributed by atoms with Gasteiger partial charge in [0.2, 0.25) is 11.8 Å². The average Bonchev–Trinajstić information content (AvgIpc) is 3.16. The summed E-state index contributed by atoms with van der Waals surface area (Å²) in [6, 6.07) is 6.52. The third-order valence-corrected chi connectivity index (χ3v) is 5.46. The molecule has 0 bridgehead atoms. The second-order valence-electron chi connectivity index (χ2n) is 7.43. The normalized spacial score (nSPS) is 28.0. The van der Waals surface area contributed by atoms with Crippen molar-refractivity contribution in [1.29, 1.82) is 0 Å². The van der Waals surface area contributed by atoms with Crippen LogP contribution in [0.5, 0.6) is 0 Å². The SMILES string of the molecule is CN(Cc1nnc(-c2ccc(F)cc2)o1)[C@@H]1[C@@H]2CCO[C@@H]2C1(C)C. The number of nitrogens with zero attached hydrogens (tertiary/aromatic N) is 3. The molecule has 0 unspecified atom stereocenters. The molecule has 4 rings (SSSR count). The summed E-state index contributed by atoms with van der Waals surface area (Å²) in [5.74, 6) is 1.31. The average molecular weight is 331 g/mol. The van der Waals surface area contributed by atoms with E-state index in [1.807, 2.05) is 0 Å². The highest BCUT2D eigenvalue weighted by molar-refractivity contribution is 5.51. The Hall–Kier alpha value is -1.79. The number of hydrogen-bond acceptors (Lipinski definition) is 5. The molecule has 0 amide bonds. The lowest BCUT2D eigenvalue weighted by molar-refractivity contribution is -0.152. The summed E-state index contributed by atoms with van der Waals surface area (Å²) in [6.07, 6.45) is 1.48. The summed E-state index contributed by atoms with van der Waals surface area (Å²) in [4.78, 5) is 2.29. The summed E-state index contributed by atoms with van der Waals surface area (Å²) in [7, 11) is 2.10. The summed E-state index contributed by atoms with van der Waals surface area (Å²) in [5, 5.41) is 8.23. The number of halogens is 1. The number of benzene rings is 1. The lowest BCUT2D eigenvalue weighted by atomic mass is 9.57. The Morgan fingerprint density at radius 2 is 2.00 bits per heavy atom. The second kappa shape index (κ2) is 5.63. The van der Waals surface area contributed by atoms with E-state index in [1.54, 1.807) is 12.1 Å². The van der Waals surface area contributed by atoms with Crippen molar-refractivity contribution >= 4 is 0 Å². The topological polar surface area (TPSA) is 51.4 Å². The Kier molecular flexibility index (Phi) is 3.69. The Bertz CT molecular complexity index is 728. The monoisotopic (exact) mass is 331 g/mol. The Balaban J connectivity index is 1.47. The van der Waals surface area contributed by atoms with Crippen LogP contribution in [0.2, 0.25) is 0 Å². The molecule has 1 aliphatic carbocycles. The predicted molar refractivity (Wildman–Crippen MR) is 86.6 cm³/mol. The highest BCUT2D eigenvalue weighted by Crippen LogP contribution is 2.54. The van der Waals surface area contributed by atoms with Crippen molar-refractivity contribution < 1.29 is 13.5 Å². The third kappa shape index (κ3) is 2.45. The molecule has 1 aromatic heterocycles. The maximum atomic E-state index is 13.0. The molecule has 0 radical (unpaired) electrons. The van der Waals surface area contributed by atoms with E-state index in [-0.39, 0.29) is 11.2 Å². The largest absolute Gasteiger partial charge is 0.419 e. The molecule has 1 saturated heterocycles. The van der Waals surface area contributed by atoms with Crippen LogP contribution < -0.4 is 0 Å². The molecule has 2 aliphatic rings. The van der Waals surface area contributed by atoms with Crippen LogP contribution in [-0.2, 0) is 11.3 Å². The van der Waals surface area contributed by atoms with Crippen LogP contribution in [0.15, 0.2) is 28.7 Å². The molecule has 3 atom stereocenters. The van der Waals surface area contributed by atoms with Gasteiger partial charge in [-0.05, 0) is 37.7 Å². The Labute approximate surface area is 140 Å². The smallest absolute Gasteiger partial charge is 0.247 e. The third-order valence-electron chi connectivity index (χ3n) is 5.46. The molecule has 128 valence electrons. The van der Waals surface area contributed by atoms with Gasteiger partial charge < -0.3 is 9.15 Å². The summed E-state index contributed by atoms with van der Waals surface area (Å²) in [5.41, 5.74) is 0.862. The van der Waals surface area contributed by atoms with Gasteiger partial charge >= 0.3 is 0 Å². The van der Waals surface area contributed by atoms with Gasteiger partial charge in [-0.2, -0.15) is 0 Å². The molecule has 2 aromatic rings. The van der Waals surface area contributed by atoms with E-state index in [0.29, 0.717) is 36.4 Å². The van der Waals surface area contributed by atoms with Crippen molar-refractivity contribution in [2.24, 2.45) is 11.3 Å². The van der Waals surface area contributed by atoms with Crippen molar-refractivity contribution in [3.05, 3.63) is 36.0 Å². The number of hydrogen-bond donors (Lipinski definition) is 0. The maximum Gasteiger partial charge on any atom is 0.247 e. The Morgan fingerprint density at radius 1 is 1.25 bits per heavy atom. The van der Waals surface area contributed by atoms with Crippen molar-refractivity contribution in [2.75, 3.05) is 13.7 Å². The van der Waals surface area contributed by atoms with Crippen LogP contribution in [0.4, 0.5) is 4.39 Å². The first-order valence-corrected chi connectivity index (χ1v) is 8.37. The van der Waals surface area contributed by atoms with Crippen molar-refractivity contribution in [2.45, 2.75) is 39.0 Å². The second-order valence-corrected chi connectivity index (χ2v) is 7.43. The fraction of sp³-hybridized carbons (Fsp3) is 0.556. The number of aromatic nitrogens is 2. The van der Waals surface area contributed by atoms with Crippen LogP contribution in [0.3, 0.4) is 0 Å². The molecular weight excluding hydrogens is 309 g/mol. The van der Waals surface area contributed by atoms with Gasteiger partial charge in [-0.1, -0.05) is 13.8 Å². The number of ether oxygens (including phenoxy) is 1. The standard InChI is InChI=1S/C18H22FN3O2/c1-18(2)15(13-8-9-23-16(13)18)22(3)10-14-20-21-17(24-14)11-4-6-12(19)7-5-11/h4-7,13,15-16H,8-10H2,1-3H3/t13-,15+,16-/m0/s1. The van der Waals surface area contributed by atoms with E-state index in [2.05, 4.69) is 36.0 Å². The highest BCUT2D eigenvalue weighted by atomic mass is 19.1. The molecule has 1 aromatic carbocycles. The van der Waals surface area contributed by atoms with Gasteiger partial charge in [0.1, 0.15) is 5.82 Å². The minimum atomic E-state index is -0.279. The van der Waals surface area contributed by atoms with Crippen molar-refractivity contribution in [1.82, 2.24) is 15.1 Å². The molecule has 5 nitrogen and oxygen atoms in total. The minimum Gasteiger partial charge on any atom is -0.419 e. The first-order chi connectivity index (χ1) is 11.5. The van der Waals surface area contributed by atoms with Crippen LogP contribution in [-0.4, -0.2) is 40.9 Å². The molecule has 0 N–H and O–H groups in total. The zero-order valence-electron chi connectivity index (χ0n) is 14.2. The van der Waals surface area contributed by atoms with E-state index in [1.165, 1.54) is 12.1 Å². The number of rotatable bonds is 4. The van der Waals surface area contributed by atoms with Crippen molar-refractivity contribution in [3.8, 4) is 11.5 Å². The van der Waals surface area contributed by atoms with Gasteiger partial charge in [0, 0.05) is 29.5 Å². The minimum absolute atomic E-state index is 0.135. The van der Waals surface area contributed by atoms with E-state index < -0.39 is 0 Å². The lowest BCUT2D eigenvalue weighted by Crippen LogP contribution is -2.65. The van der Waals surface area contributed by atoms with Gasteiger partial charge in [-0.3, -0.25) is 4.90 Å². The first-order valence-electron chi connectivity index (χ1n) is 8.37. The summed E-state index contributed by atoms with van der Waals surface area (Å²) >= 11 is 0. The van der Waals surface area contributed by atoms with E-state index in [0.717, 1.165) is 18.6 Å². The molecule has 1 aliphatic heterocycles. The van der Waals surface area contributed by atoms with Crippen LogP contribution in [0, 0.1) is 17.2 Å². The summed E-state index contributed by atoms with van der Waals surface area (Å²) < 4.78 is 24.6. The highest BCUT2D eigenvalue weighted by Gasteiger charge is 2.60. The quantitative estimate of drug-likeness (QED) is 0.861. The van der Waals surface area contributed by atoms with Gasteiger partial charge in [0.05, 0.1) is 12.6 Å². The zero-order valence-corrected chi connectivity index (χ0v) is 14.2. The molecule has 2 heterocycles. The first kappa shape index (κ1) is 15.7. The molecule has 6 heteroatoms. The van der Waals surface area contributed by atoms with Crippen LogP contribution >= 0.6 is 0 Å². The fourth-order valence-electron chi connectivity index (χ4n) is 4.53. The van der Waals surface area contributed by atoms with Crippen molar-refractivity contribution in [3.63, 3.8) is 0 Å². The zero-order chi connectivity index (χ0) is 16.9. The van der Waals surface area contributed by atoms with Crippen LogP contribution in [0.25, 0.3) is 11.5 Å². The molecule has 24 heavy (non-hydrogen) atoms. The lowest BCUT2D eigenvalue weighted by Gasteiger charge is -2.57. The number of fused-ring (bicyclic) bond motifs is 1. The van der Waals surface area contributed by atoms with E-state index in [9.17, 15) is 4.39 Å². The summed E-state index contributed by atoms with van der Waals surface area (Å²) in [6.45, 7) is 5.99. The van der Waals surface area contributed by atoms with Gasteiger partial charge in [0.25, 0.3) is 0 Å². The van der Waals surface area contributed by atoms with Gasteiger partial charge in [-0.15, -0.1) is 10.2 Å². The van der Waals surface area contributed by atoms with Gasteiger partial charge in [0.15, 0.2) is 0 Å². The molecule has 0 spiro atoms. The molecule has 1 saturated carbocycles. The Morgan fingerprint density at radius 3 is 2.75 bits per heavy atom. The van der Waals surface area contributed by atoms with Crippen LogP contribution in [0.1, 0.15) is 26.2 Å². The maximum absolute atomic E-state index is 13.0. The predicted octanol–water partition coefficient (Wildman–Crippen LogP) is 3.12. The van der Waals surface area contributed by atoms with E-state index >= 15 is 0 Å². The van der Waals surface area contributed by atoms with Gasteiger partial charge in [-0.25, -0.2) is 4.39 Å². The fourth-order valence-corrected chi connectivity index (χ4v) is 4.53. The molecular formula is C18H22FN3O2. The molecule has 2 fully saturated rings.